The molecule has 1 rings (SSSR count). The number of benzene rings is 1. The van der Waals surface area contributed by atoms with E-state index in [4.69, 9.17) is 27.9 Å². The first-order valence-electron chi connectivity index (χ1n) is 4.51. The zero-order chi connectivity index (χ0) is 12.1. The largest absolute Gasteiger partial charge is 0.501 e. The Labute approximate surface area is 104 Å². The highest BCUT2D eigenvalue weighted by molar-refractivity contribution is 6.42. The Balaban J connectivity index is 2.74. The Bertz CT molecular complexity index is 430. The van der Waals surface area contributed by atoms with E-state index >= 15 is 0 Å². The van der Waals surface area contributed by atoms with Gasteiger partial charge in [-0.3, -0.25) is 4.79 Å². The number of ether oxygens (including phenoxy) is 1. The molecule has 1 aromatic rings. The van der Waals surface area contributed by atoms with E-state index in [2.05, 4.69) is 5.32 Å². The van der Waals surface area contributed by atoms with Gasteiger partial charge in [0.15, 0.2) is 0 Å². The highest BCUT2D eigenvalue weighted by Gasteiger charge is 2.02. The van der Waals surface area contributed by atoms with Crippen molar-refractivity contribution in [2.75, 3.05) is 12.4 Å². The second kappa shape index (κ2) is 5.77. The summed E-state index contributed by atoms with van der Waals surface area (Å²) in [5.74, 6) is 0.246. The topological polar surface area (TPSA) is 38.3 Å². The molecular formula is C11H11Cl2NO2. The van der Waals surface area contributed by atoms with Gasteiger partial charge in [-0.05, 0) is 25.1 Å². The van der Waals surface area contributed by atoms with Crippen LogP contribution in [0.1, 0.15) is 6.92 Å². The molecule has 0 heterocycles. The predicted molar refractivity (Wildman–Crippen MR) is 65.9 cm³/mol. The van der Waals surface area contributed by atoms with Crippen molar-refractivity contribution in [2.45, 2.75) is 6.92 Å². The summed E-state index contributed by atoms with van der Waals surface area (Å²) in [5.41, 5.74) is 0.583. The molecule has 3 nitrogen and oxygen atoms in total. The van der Waals surface area contributed by atoms with Crippen LogP contribution in [0.3, 0.4) is 0 Å². The molecule has 0 radical (unpaired) electrons. The van der Waals surface area contributed by atoms with Gasteiger partial charge in [-0.15, -0.1) is 0 Å². The lowest BCUT2D eigenvalue weighted by atomic mass is 10.3. The summed E-state index contributed by atoms with van der Waals surface area (Å²) in [6.45, 7) is 1.69. The van der Waals surface area contributed by atoms with Crippen LogP contribution >= 0.6 is 23.2 Å². The van der Waals surface area contributed by atoms with Crippen molar-refractivity contribution in [3.8, 4) is 0 Å². The van der Waals surface area contributed by atoms with E-state index in [0.29, 0.717) is 21.5 Å². The maximum Gasteiger partial charge on any atom is 0.251 e. The standard InChI is InChI=1S/C11H11Cl2NO2/c1-7(16-2)5-11(15)14-8-3-4-9(12)10(13)6-8/h3-6H,1-2H3,(H,14,15)/b7-5-. The Morgan fingerprint density at radius 2 is 2.06 bits per heavy atom. The van der Waals surface area contributed by atoms with Crippen molar-refractivity contribution >= 4 is 34.8 Å². The molecule has 0 saturated heterocycles. The van der Waals surface area contributed by atoms with Crippen LogP contribution in [0.5, 0.6) is 0 Å². The molecule has 86 valence electrons. The number of nitrogens with one attached hydrogen (secondary N) is 1. The molecule has 0 saturated carbocycles. The summed E-state index contributed by atoms with van der Waals surface area (Å²) in [7, 11) is 1.50. The minimum atomic E-state index is -0.280. The second-order valence-corrected chi connectivity index (χ2v) is 3.89. The van der Waals surface area contributed by atoms with E-state index in [1.807, 2.05) is 0 Å². The normalized spacial score (nSPS) is 11.1. The minimum absolute atomic E-state index is 0.280. The number of hydrogen-bond donors (Lipinski definition) is 1. The quantitative estimate of drug-likeness (QED) is 0.667. The van der Waals surface area contributed by atoms with Crippen molar-refractivity contribution in [1.82, 2.24) is 0 Å². The molecule has 0 aliphatic heterocycles. The predicted octanol–water partition coefficient (Wildman–Crippen LogP) is 3.48. The number of allylic oxidation sites excluding steroid dienone is 1. The Morgan fingerprint density at radius 3 is 2.62 bits per heavy atom. The fourth-order valence-electron chi connectivity index (χ4n) is 0.996. The molecule has 5 heteroatoms. The number of carbonyl (C=O) groups excluding carboxylic acids is 1. The van der Waals surface area contributed by atoms with Crippen LogP contribution in [0, 0.1) is 0 Å². The van der Waals surface area contributed by atoms with E-state index < -0.39 is 0 Å². The molecule has 0 aliphatic rings. The van der Waals surface area contributed by atoms with Crippen LogP contribution in [-0.2, 0) is 9.53 Å². The van der Waals surface area contributed by atoms with Gasteiger partial charge in [-0.2, -0.15) is 0 Å². The van der Waals surface area contributed by atoms with Gasteiger partial charge in [-0.1, -0.05) is 23.2 Å². The number of carbonyl (C=O) groups is 1. The number of rotatable bonds is 3. The first-order valence-corrected chi connectivity index (χ1v) is 5.27. The van der Waals surface area contributed by atoms with Crippen LogP contribution < -0.4 is 5.32 Å². The molecule has 16 heavy (non-hydrogen) atoms. The summed E-state index contributed by atoms with van der Waals surface area (Å²) in [5, 5.41) is 3.48. The van der Waals surface area contributed by atoms with Crippen molar-refractivity contribution in [1.29, 1.82) is 0 Å². The number of amides is 1. The monoisotopic (exact) mass is 259 g/mol. The third-order valence-corrected chi connectivity index (χ3v) is 2.58. The lowest BCUT2D eigenvalue weighted by molar-refractivity contribution is -0.112. The van der Waals surface area contributed by atoms with Gasteiger partial charge < -0.3 is 10.1 Å². The molecule has 0 spiro atoms. The fraction of sp³-hybridized carbons (Fsp3) is 0.182. The summed E-state index contributed by atoms with van der Waals surface area (Å²) in [4.78, 5) is 11.4. The Kier molecular flexibility index (Phi) is 4.65. The lowest BCUT2D eigenvalue weighted by Crippen LogP contribution is -2.08. The number of hydrogen-bond acceptors (Lipinski definition) is 2. The first kappa shape index (κ1) is 12.9. The highest BCUT2D eigenvalue weighted by atomic mass is 35.5. The third-order valence-electron chi connectivity index (χ3n) is 1.84. The van der Waals surface area contributed by atoms with E-state index in [1.165, 1.54) is 13.2 Å². The van der Waals surface area contributed by atoms with E-state index in [9.17, 15) is 4.79 Å². The van der Waals surface area contributed by atoms with Crippen LogP contribution in [0.2, 0.25) is 10.0 Å². The Hall–Kier alpha value is -1.19. The maximum atomic E-state index is 11.4. The molecular weight excluding hydrogens is 249 g/mol. The van der Waals surface area contributed by atoms with Gasteiger partial charge in [0.25, 0.3) is 5.91 Å². The maximum absolute atomic E-state index is 11.4. The summed E-state index contributed by atoms with van der Waals surface area (Å²) in [6.07, 6.45) is 1.35. The van der Waals surface area contributed by atoms with Crippen LogP contribution in [0.25, 0.3) is 0 Å². The zero-order valence-corrected chi connectivity index (χ0v) is 10.4. The number of anilines is 1. The second-order valence-electron chi connectivity index (χ2n) is 3.08. The van der Waals surface area contributed by atoms with Gasteiger partial charge in [0.05, 0.1) is 22.9 Å². The van der Waals surface area contributed by atoms with Crippen molar-refractivity contribution in [3.05, 3.63) is 40.1 Å². The van der Waals surface area contributed by atoms with Gasteiger partial charge in [0, 0.05) is 11.8 Å². The minimum Gasteiger partial charge on any atom is -0.501 e. The highest BCUT2D eigenvalue weighted by Crippen LogP contribution is 2.24. The van der Waals surface area contributed by atoms with Gasteiger partial charge >= 0.3 is 0 Å². The first-order chi connectivity index (χ1) is 7.52. The van der Waals surface area contributed by atoms with Crippen LogP contribution in [-0.4, -0.2) is 13.0 Å². The van der Waals surface area contributed by atoms with Crippen molar-refractivity contribution < 1.29 is 9.53 Å². The molecule has 0 atom stereocenters. The molecule has 0 aliphatic carbocycles. The van der Waals surface area contributed by atoms with E-state index in [-0.39, 0.29) is 5.91 Å². The average molecular weight is 260 g/mol. The summed E-state index contributed by atoms with van der Waals surface area (Å²) < 4.78 is 4.85. The van der Waals surface area contributed by atoms with Gasteiger partial charge in [0.2, 0.25) is 0 Å². The van der Waals surface area contributed by atoms with Gasteiger partial charge in [-0.25, -0.2) is 0 Å². The zero-order valence-electron chi connectivity index (χ0n) is 8.88. The average Bonchev–Trinajstić information content (AvgIpc) is 2.23. The SMILES string of the molecule is CO/C(C)=C\C(=O)Nc1ccc(Cl)c(Cl)c1. The summed E-state index contributed by atoms with van der Waals surface area (Å²) >= 11 is 11.6. The molecule has 0 unspecified atom stereocenters. The fourth-order valence-corrected chi connectivity index (χ4v) is 1.29. The van der Waals surface area contributed by atoms with E-state index in [1.54, 1.807) is 25.1 Å². The molecule has 0 aromatic heterocycles. The molecule has 0 fully saturated rings. The van der Waals surface area contributed by atoms with Crippen LogP contribution in [0.4, 0.5) is 5.69 Å². The van der Waals surface area contributed by atoms with Crippen molar-refractivity contribution in [3.63, 3.8) is 0 Å². The summed E-state index contributed by atoms with van der Waals surface area (Å²) in [6, 6.07) is 4.87. The number of methoxy groups -OCH3 is 1. The Morgan fingerprint density at radius 1 is 1.38 bits per heavy atom. The molecule has 1 aromatic carbocycles. The lowest BCUT2D eigenvalue weighted by Gasteiger charge is -2.04. The smallest absolute Gasteiger partial charge is 0.251 e. The molecule has 0 bridgehead atoms. The van der Waals surface area contributed by atoms with Gasteiger partial charge in [0.1, 0.15) is 0 Å². The van der Waals surface area contributed by atoms with E-state index in [0.717, 1.165) is 0 Å². The third kappa shape index (κ3) is 3.76. The van der Waals surface area contributed by atoms with Crippen LogP contribution in [0.15, 0.2) is 30.0 Å². The van der Waals surface area contributed by atoms with Crippen molar-refractivity contribution in [2.24, 2.45) is 0 Å². The molecule has 1 N–H and O–H groups in total. The number of halogens is 2. The molecule has 1 amide bonds.